The molecule has 0 aliphatic heterocycles. The predicted octanol–water partition coefficient (Wildman–Crippen LogP) is 4.05. The van der Waals surface area contributed by atoms with Crippen LogP contribution in [0.4, 0.5) is 0 Å². The first-order chi connectivity index (χ1) is 7.38. The van der Waals surface area contributed by atoms with Crippen molar-refractivity contribution in [2.75, 3.05) is 6.26 Å². The summed E-state index contributed by atoms with van der Waals surface area (Å²) in [6.07, 6.45) is 2.08. The molecule has 0 N–H and O–H groups in total. The van der Waals surface area contributed by atoms with Crippen molar-refractivity contribution in [3.63, 3.8) is 0 Å². The van der Waals surface area contributed by atoms with Crippen molar-refractivity contribution in [3.05, 3.63) is 47.3 Å². The molecule has 0 radical (unpaired) electrons. The first-order valence-corrected chi connectivity index (χ1v) is 6.78. The molecule has 1 aromatic carbocycles. The summed E-state index contributed by atoms with van der Waals surface area (Å²) in [5.41, 5.74) is 1.20. The molecule has 0 fully saturated rings. The summed E-state index contributed by atoms with van der Waals surface area (Å²) >= 11 is 3.47. The molecule has 0 aliphatic rings. The molecular formula is C12H12OS2. The van der Waals surface area contributed by atoms with Gasteiger partial charge in [0.2, 0.25) is 0 Å². The lowest BCUT2D eigenvalue weighted by molar-refractivity contribution is 0.307. The molecule has 0 saturated carbocycles. The van der Waals surface area contributed by atoms with Crippen LogP contribution in [0.2, 0.25) is 0 Å². The van der Waals surface area contributed by atoms with Crippen molar-refractivity contribution >= 4 is 23.1 Å². The zero-order valence-corrected chi connectivity index (χ0v) is 10.1. The van der Waals surface area contributed by atoms with E-state index in [2.05, 4.69) is 29.8 Å². The van der Waals surface area contributed by atoms with Crippen LogP contribution in [0.3, 0.4) is 0 Å². The molecule has 1 aromatic heterocycles. The maximum Gasteiger partial charge on any atom is 0.131 e. The molecule has 1 nitrogen and oxygen atoms in total. The van der Waals surface area contributed by atoms with Gasteiger partial charge in [0.1, 0.15) is 12.4 Å². The van der Waals surface area contributed by atoms with Crippen molar-refractivity contribution < 1.29 is 4.74 Å². The lowest BCUT2D eigenvalue weighted by Gasteiger charge is -2.02. The highest BCUT2D eigenvalue weighted by atomic mass is 32.2. The molecule has 0 unspecified atom stereocenters. The molecule has 0 bridgehead atoms. The Morgan fingerprint density at radius 2 is 2.07 bits per heavy atom. The SMILES string of the molecule is CSc1cc(OCc2ccccc2)cs1. The highest BCUT2D eigenvalue weighted by molar-refractivity contribution is 8.00. The van der Waals surface area contributed by atoms with Crippen LogP contribution in [0, 0.1) is 0 Å². The van der Waals surface area contributed by atoms with Gasteiger partial charge >= 0.3 is 0 Å². The van der Waals surface area contributed by atoms with E-state index in [0.29, 0.717) is 6.61 Å². The van der Waals surface area contributed by atoms with Crippen LogP contribution < -0.4 is 4.74 Å². The largest absolute Gasteiger partial charge is 0.488 e. The first-order valence-electron chi connectivity index (χ1n) is 4.68. The lowest BCUT2D eigenvalue weighted by atomic mass is 10.2. The normalized spacial score (nSPS) is 10.2. The van der Waals surface area contributed by atoms with Gasteiger partial charge in [0.15, 0.2) is 0 Å². The lowest BCUT2D eigenvalue weighted by Crippen LogP contribution is -1.93. The molecule has 0 amide bonds. The first kappa shape index (κ1) is 10.6. The Bertz CT molecular complexity index is 409. The van der Waals surface area contributed by atoms with E-state index in [1.165, 1.54) is 9.77 Å². The Kier molecular flexibility index (Phi) is 3.69. The molecule has 0 saturated heterocycles. The van der Waals surface area contributed by atoms with Gasteiger partial charge in [-0.3, -0.25) is 0 Å². The second kappa shape index (κ2) is 5.24. The van der Waals surface area contributed by atoms with E-state index < -0.39 is 0 Å². The summed E-state index contributed by atoms with van der Waals surface area (Å²) in [6.45, 7) is 0.644. The molecule has 3 heteroatoms. The minimum absolute atomic E-state index is 0.644. The average Bonchev–Trinajstić information content (AvgIpc) is 2.76. The predicted molar refractivity (Wildman–Crippen MR) is 66.9 cm³/mol. The third kappa shape index (κ3) is 3.01. The van der Waals surface area contributed by atoms with Gasteiger partial charge < -0.3 is 4.74 Å². The van der Waals surface area contributed by atoms with Gasteiger partial charge in [-0.05, 0) is 11.8 Å². The van der Waals surface area contributed by atoms with Gasteiger partial charge in [-0.15, -0.1) is 23.1 Å². The summed E-state index contributed by atoms with van der Waals surface area (Å²) in [4.78, 5) is 0. The van der Waals surface area contributed by atoms with Crippen molar-refractivity contribution in [1.29, 1.82) is 0 Å². The smallest absolute Gasteiger partial charge is 0.131 e. The van der Waals surface area contributed by atoms with E-state index in [-0.39, 0.29) is 0 Å². The highest BCUT2D eigenvalue weighted by Gasteiger charge is 1.99. The number of thioether (sulfide) groups is 1. The summed E-state index contributed by atoms with van der Waals surface area (Å²) in [7, 11) is 0. The number of thiophene rings is 1. The minimum atomic E-state index is 0.644. The molecule has 15 heavy (non-hydrogen) atoms. The molecule has 0 aliphatic carbocycles. The van der Waals surface area contributed by atoms with Gasteiger partial charge in [-0.25, -0.2) is 0 Å². The zero-order chi connectivity index (χ0) is 10.5. The van der Waals surface area contributed by atoms with E-state index in [4.69, 9.17) is 4.74 Å². The van der Waals surface area contributed by atoms with Crippen LogP contribution in [0.25, 0.3) is 0 Å². The van der Waals surface area contributed by atoms with Crippen LogP contribution in [0.15, 0.2) is 46.0 Å². The van der Waals surface area contributed by atoms with Gasteiger partial charge in [0, 0.05) is 11.4 Å². The number of ether oxygens (including phenoxy) is 1. The topological polar surface area (TPSA) is 9.23 Å². The summed E-state index contributed by atoms with van der Waals surface area (Å²) in [5.74, 6) is 0.966. The van der Waals surface area contributed by atoms with Crippen LogP contribution in [-0.4, -0.2) is 6.26 Å². The summed E-state index contributed by atoms with van der Waals surface area (Å²) in [5, 5.41) is 2.05. The summed E-state index contributed by atoms with van der Waals surface area (Å²) < 4.78 is 6.96. The van der Waals surface area contributed by atoms with Crippen LogP contribution in [-0.2, 0) is 6.61 Å². The van der Waals surface area contributed by atoms with E-state index in [1.54, 1.807) is 23.1 Å². The van der Waals surface area contributed by atoms with Gasteiger partial charge in [-0.1, -0.05) is 30.3 Å². The summed E-state index contributed by atoms with van der Waals surface area (Å²) in [6, 6.07) is 12.3. The average molecular weight is 236 g/mol. The molecule has 78 valence electrons. The van der Waals surface area contributed by atoms with Crippen LogP contribution in [0.5, 0.6) is 5.75 Å². The Morgan fingerprint density at radius 1 is 1.27 bits per heavy atom. The fourth-order valence-corrected chi connectivity index (χ4v) is 2.54. The number of hydrogen-bond donors (Lipinski definition) is 0. The second-order valence-corrected chi connectivity index (χ2v) is 5.10. The molecule has 2 aromatic rings. The van der Waals surface area contributed by atoms with Gasteiger partial charge in [-0.2, -0.15) is 0 Å². The van der Waals surface area contributed by atoms with E-state index in [1.807, 2.05) is 18.2 Å². The third-order valence-corrected chi connectivity index (χ3v) is 4.01. The standard InChI is InChI=1S/C12H12OS2/c1-14-12-7-11(9-15-12)13-8-10-5-3-2-4-6-10/h2-7,9H,8H2,1H3. The number of rotatable bonds is 4. The maximum atomic E-state index is 5.67. The molecule has 0 spiro atoms. The second-order valence-electron chi connectivity index (χ2n) is 3.08. The molecule has 0 atom stereocenters. The van der Waals surface area contributed by atoms with Gasteiger partial charge in [0.05, 0.1) is 4.21 Å². The monoisotopic (exact) mass is 236 g/mol. The highest BCUT2D eigenvalue weighted by Crippen LogP contribution is 2.29. The Balaban J connectivity index is 1.93. The third-order valence-electron chi connectivity index (χ3n) is 2.00. The quantitative estimate of drug-likeness (QED) is 0.741. The fourth-order valence-electron chi connectivity index (χ4n) is 1.22. The zero-order valence-electron chi connectivity index (χ0n) is 8.47. The van der Waals surface area contributed by atoms with Gasteiger partial charge in [0.25, 0.3) is 0 Å². The fraction of sp³-hybridized carbons (Fsp3) is 0.167. The maximum absolute atomic E-state index is 5.67. The molecule has 2 rings (SSSR count). The Hall–Kier alpha value is -0.930. The minimum Gasteiger partial charge on any atom is -0.488 e. The number of hydrogen-bond acceptors (Lipinski definition) is 3. The molecular weight excluding hydrogens is 224 g/mol. The Morgan fingerprint density at radius 3 is 2.73 bits per heavy atom. The van der Waals surface area contributed by atoms with Crippen molar-refractivity contribution in [2.45, 2.75) is 10.8 Å². The van der Waals surface area contributed by atoms with Crippen molar-refractivity contribution in [3.8, 4) is 5.75 Å². The Labute approximate surface area is 98.1 Å². The van der Waals surface area contributed by atoms with E-state index >= 15 is 0 Å². The van der Waals surface area contributed by atoms with E-state index in [9.17, 15) is 0 Å². The van der Waals surface area contributed by atoms with Crippen molar-refractivity contribution in [1.82, 2.24) is 0 Å². The van der Waals surface area contributed by atoms with E-state index in [0.717, 1.165) is 5.75 Å². The van der Waals surface area contributed by atoms with Crippen LogP contribution in [0.1, 0.15) is 5.56 Å². The van der Waals surface area contributed by atoms with Crippen molar-refractivity contribution in [2.24, 2.45) is 0 Å². The van der Waals surface area contributed by atoms with Crippen LogP contribution >= 0.6 is 23.1 Å². The molecule has 1 heterocycles. The number of benzene rings is 1.